The van der Waals surface area contributed by atoms with Crippen molar-refractivity contribution in [3.05, 3.63) is 51.3 Å². The summed E-state index contributed by atoms with van der Waals surface area (Å²) in [5, 5.41) is 21.9. The molecule has 0 unspecified atom stereocenters. The maximum Gasteiger partial charge on any atom is 0.290 e. The van der Waals surface area contributed by atoms with Gasteiger partial charge in [-0.2, -0.15) is 0 Å². The van der Waals surface area contributed by atoms with Crippen molar-refractivity contribution in [3.63, 3.8) is 0 Å². The van der Waals surface area contributed by atoms with E-state index in [1.54, 1.807) is 18.2 Å². The van der Waals surface area contributed by atoms with Gasteiger partial charge in [0.15, 0.2) is 11.5 Å². The van der Waals surface area contributed by atoms with Crippen LogP contribution in [-0.4, -0.2) is 33.2 Å². The van der Waals surface area contributed by atoms with E-state index in [0.717, 1.165) is 25.7 Å². The number of nitrogens with zero attached hydrogens (tertiary/aromatic N) is 2. The normalized spacial score (nSPS) is 15.8. The molecule has 0 radical (unpaired) electrons. The van der Waals surface area contributed by atoms with E-state index in [9.17, 15) is 24.8 Å². The first-order valence-electron chi connectivity index (χ1n) is 13.4. The number of aliphatic hydroxyl groups is 1. The van der Waals surface area contributed by atoms with Gasteiger partial charge in [0.05, 0.1) is 22.1 Å². The molecule has 7 nitrogen and oxygen atoms in total. The number of rotatable bonds is 18. The van der Waals surface area contributed by atoms with Crippen molar-refractivity contribution in [1.29, 1.82) is 0 Å². The van der Waals surface area contributed by atoms with E-state index in [1.807, 2.05) is 0 Å². The molecule has 0 aromatic heterocycles. The number of carbonyl (C=O) groups excluding carboxylic acids is 2. The first kappa shape index (κ1) is 28.5. The third-order valence-electron chi connectivity index (χ3n) is 6.86. The van der Waals surface area contributed by atoms with E-state index >= 15 is 0 Å². The second-order valence-electron chi connectivity index (χ2n) is 9.63. The van der Waals surface area contributed by atoms with Crippen LogP contribution in [0.1, 0.15) is 115 Å². The first-order valence-corrected chi connectivity index (χ1v) is 13.4. The van der Waals surface area contributed by atoms with Gasteiger partial charge in [-0.15, -0.1) is 0 Å². The Hall–Kier alpha value is -2.70. The van der Waals surface area contributed by atoms with E-state index in [0.29, 0.717) is 6.54 Å². The van der Waals surface area contributed by atoms with Crippen LogP contribution in [0.5, 0.6) is 0 Å². The Morgan fingerprint density at radius 3 is 1.89 bits per heavy atom. The minimum atomic E-state index is -0.927. The average molecular weight is 487 g/mol. The summed E-state index contributed by atoms with van der Waals surface area (Å²) < 4.78 is 0. The number of benzene rings is 1. The summed E-state index contributed by atoms with van der Waals surface area (Å²) in [7, 11) is 0. The van der Waals surface area contributed by atoms with E-state index in [2.05, 4.69) is 6.92 Å². The quantitative estimate of drug-likeness (QED) is 0.133. The number of ketones is 1. The van der Waals surface area contributed by atoms with Gasteiger partial charge in [0, 0.05) is 12.6 Å². The smallest absolute Gasteiger partial charge is 0.290 e. The monoisotopic (exact) mass is 486 g/mol. The van der Waals surface area contributed by atoms with Gasteiger partial charge in [-0.05, 0) is 19.4 Å². The molecule has 1 atom stereocenters. The molecule has 1 aromatic rings. The number of Topliss-reactive ketones (excluding diaryl/α,β-unsaturated/α-hetero) is 1. The van der Waals surface area contributed by atoms with Crippen molar-refractivity contribution in [3.8, 4) is 0 Å². The van der Waals surface area contributed by atoms with Crippen LogP contribution in [0.25, 0.3) is 0 Å². The standard InChI is InChI=1S/C28H42N2O5/c1-3-4-5-6-7-8-9-10-11-12-13-14-15-18-21-29-26(25(22(2)31)27(32)28(29)33)23-19-16-17-20-24(23)30(34)35/h16-17,19-20,26,32H,3-15,18,21H2,1-2H3/t26-/m0/s1. The third kappa shape index (κ3) is 8.48. The number of amides is 1. The molecule has 0 saturated heterocycles. The number of unbranched alkanes of at least 4 members (excludes halogenated alkanes) is 13. The number of aliphatic hydroxyl groups excluding tert-OH is 1. The number of hydrogen-bond donors (Lipinski definition) is 1. The van der Waals surface area contributed by atoms with Crippen LogP contribution in [0.3, 0.4) is 0 Å². The molecule has 1 aromatic carbocycles. The molecule has 0 bridgehead atoms. The van der Waals surface area contributed by atoms with Crippen molar-refractivity contribution < 1.29 is 19.6 Å². The molecule has 1 N–H and O–H groups in total. The third-order valence-corrected chi connectivity index (χ3v) is 6.86. The van der Waals surface area contributed by atoms with E-state index in [-0.39, 0.29) is 16.8 Å². The van der Waals surface area contributed by atoms with Crippen LogP contribution < -0.4 is 0 Å². The highest BCUT2D eigenvalue weighted by atomic mass is 16.6. The van der Waals surface area contributed by atoms with Crippen LogP contribution in [0.4, 0.5) is 5.69 Å². The van der Waals surface area contributed by atoms with Crippen LogP contribution in [0.15, 0.2) is 35.6 Å². The lowest BCUT2D eigenvalue weighted by Crippen LogP contribution is -2.32. The van der Waals surface area contributed by atoms with Gasteiger partial charge in [0.2, 0.25) is 0 Å². The van der Waals surface area contributed by atoms with Gasteiger partial charge >= 0.3 is 0 Å². The van der Waals surface area contributed by atoms with Crippen molar-refractivity contribution in [2.45, 2.75) is 110 Å². The minimum Gasteiger partial charge on any atom is -0.503 e. The summed E-state index contributed by atoms with van der Waals surface area (Å²) in [5.74, 6) is -1.68. The van der Waals surface area contributed by atoms with Crippen LogP contribution in [0.2, 0.25) is 0 Å². The zero-order valence-electron chi connectivity index (χ0n) is 21.5. The molecular formula is C28H42N2O5. The number of carbonyl (C=O) groups is 2. The molecule has 0 aliphatic carbocycles. The van der Waals surface area contributed by atoms with Gasteiger partial charge in [-0.1, -0.05) is 103 Å². The lowest BCUT2D eigenvalue weighted by molar-refractivity contribution is -0.385. The zero-order chi connectivity index (χ0) is 25.6. The molecule has 1 amide bonds. The highest BCUT2D eigenvalue weighted by Gasteiger charge is 2.44. The van der Waals surface area contributed by atoms with Crippen molar-refractivity contribution >= 4 is 17.4 Å². The Balaban J connectivity index is 1.78. The highest BCUT2D eigenvalue weighted by Crippen LogP contribution is 2.41. The van der Waals surface area contributed by atoms with Gasteiger partial charge in [-0.3, -0.25) is 19.7 Å². The molecule has 1 heterocycles. The summed E-state index contributed by atoms with van der Waals surface area (Å²) in [6.07, 6.45) is 17.1. The second-order valence-corrected chi connectivity index (χ2v) is 9.63. The summed E-state index contributed by atoms with van der Waals surface area (Å²) in [4.78, 5) is 37.4. The van der Waals surface area contributed by atoms with E-state index in [4.69, 9.17) is 0 Å². The fourth-order valence-corrected chi connectivity index (χ4v) is 4.93. The molecule has 0 saturated carbocycles. The topological polar surface area (TPSA) is 101 Å². The molecule has 194 valence electrons. The maximum absolute atomic E-state index is 12.7. The van der Waals surface area contributed by atoms with Gasteiger partial charge in [-0.25, -0.2) is 0 Å². The molecule has 2 rings (SSSR count). The molecule has 1 aliphatic heterocycles. The van der Waals surface area contributed by atoms with Gasteiger partial charge < -0.3 is 10.0 Å². The Morgan fingerprint density at radius 2 is 1.40 bits per heavy atom. The molecule has 7 heteroatoms. The number of nitro groups is 1. The van der Waals surface area contributed by atoms with Crippen LogP contribution >= 0.6 is 0 Å². The summed E-state index contributed by atoms with van der Waals surface area (Å²) in [6, 6.07) is 5.18. The Bertz CT molecular complexity index is 880. The Kier molecular flexibility index (Phi) is 12.5. The molecular weight excluding hydrogens is 444 g/mol. The fourth-order valence-electron chi connectivity index (χ4n) is 4.93. The summed E-state index contributed by atoms with van der Waals surface area (Å²) >= 11 is 0. The van der Waals surface area contributed by atoms with Gasteiger partial charge in [0.25, 0.3) is 11.6 Å². The number of hydrogen-bond acceptors (Lipinski definition) is 5. The lowest BCUT2D eigenvalue weighted by Gasteiger charge is -2.26. The molecule has 0 spiro atoms. The van der Waals surface area contributed by atoms with Crippen molar-refractivity contribution in [1.82, 2.24) is 4.90 Å². The van der Waals surface area contributed by atoms with Crippen LogP contribution in [-0.2, 0) is 9.59 Å². The average Bonchev–Trinajstić information content (AvgIpc) is 3.09. The number of para-hydroxylation sites is 1. The zero-order valence-corrected chi connectivity index (χ0v) is 21.5. The van der Waals surface area contributed by atoms with Crippen molar-refractivity contribution in [2.75, 3.05) is 6.54 Å². The van der Waals surface area contributed by atoms with Crippen LogP contribution in [0, 0.1) is 10.1 Å². The first-order chi connectivity index (χ1) is 16.9. The summed E-state index contributed by atoms with van der Waals surface area (Å²) in [6.45, 7) is 3.86. The molecule has 35 heavy (non-hydrogen) atoms. The molecule has 0 fully saturated rings. The summed E-state index contributed by atoms with van der Waals surface area (Å²) in [5.41, 5.74) is 0.0323. The highest BCUT2D eigenvalue weighted by molar-refractivity contribution is 6.08. The Labute approximate surface area is 209 Å². The van der Waals surface area contributed by atoms with Crippen molar-refractivity contribution in [2.24, 2.45) is 0 Å². The van der Waals surface area contributed by atoms with E-state index < -0.39 is 28.4 Å². The maximum atomic E-state index is 12.7. The second kappa shape index (κ2) is 15.3. The van der Waals surface area contributed by atoms with E-state index in [1.165, 1.54) is 82.1 Å². The predicted octanol–water partition coefficient (Wildman–Crippen LogP) is 7.36. The Morgan fingerprint density at radius 1 is 0.914 bits per heavy atom. The van der Waals surface area contributed by atoms with Gasteiger partial charge in [0.1, 0.15) is 0 Å². The SMILES string of the molecule is CCCCCCCCCCCCCCCCN1C(=O)C(O)=C(C(C)=O)[C@@H]1c1ccccc1[N+](=O)[O-]. The number of nitro benzene ring substituents is 1. The molecule has 1 aliphatic rings. The lowest BCUT2D eigenvalue weighted by atomic mass is 9.95. The largest absolute Gasteiger partial charge is 0.503 e. The predicted molar refractivity (Wildman–Crippen MR) is 138 cm³/mol. The minimum absolute atomic E-state index is 0.0605. The fraction of sp³-hybridized carbons (Fsp3) is 0.643.